The number of aliphatic hydroxyl groups is 1. The molecule has 0 radical (unpaired) electrons. The van der Waals surface area contributed by atoms with Gasteiger partial charge in [0.25, 0.3) is 0 Å². The van der Waals surface area contributed by atoms with Gasteiger partial charge in [0.2, 0.25) is 10.0 Å². The molecule has 1 aromatic carbocycles. The van der Waals surface area contributed by atoms with Gasteiger partial charge in [0.1, 0.15) is 16.4 Å². The number of sulfonamides is 1. The van der Waals surface area contributed by atoms with Crippen LogP contribution in [0.4, 0.5) is 4.39 Å². The summed E-state index contributed by atoms with van der Waals surface area (Å²) < 4.78 is 45.2. The third-order valence-electron chi connectivity index (χ3n) is 4.56. The number of rotatable bonds is 5. The second-order valence-corrected chi connectivity index (χ2v) is 8.30. The summed E-state index contributed by atoms with van der Waals surface area (Å²) in [6, 6.07) is 5.87. The van der Waals surface area contributed by atoms with Gasteiger partial charge < -0.3 is 9.63 Å². The van der Waals surface area contributed by atoms with E-state index in [2.05, 4.69) is 5.16 Å². The van der Waals surface area contributed by atoms with Crippen LogP contribution >= 0.6 is 0 Å². The third-order valence-corrected chi connectivity index (χ3v) is 6.71. The van der Waals surface area contributed by atoms with Gasteiger partial charge in [0.15, 0.2) is 5.76 Å². The molecule has 1 saturated heterocycles. The van der Waals surface area contributed by atoms with Gasteiger partial charge in [-0.3, -0.25) is 4.90 Å². The van der Waals surface area contributed by atoms with Crippen LogP contribution < -0.4 is 0 Å². The van der Waals surface area contributed by atoms with Crippen LogP contribution in [0.1, 0.15) is 23.1 Å². The number of β-amino-alcohol motifs (C(OH)–C–C–N with tert-alkyl or cyclic N) is 1. The summed E-state index contributed by atoms with van der Waals surface area (Å²) in [7, 11) is -3.65. The van der Waals surface area contributed by atoms with E-state index in [9.17, 15) is 17.9 Å². The Morgan fingerprint density at radius 2 is 1.96 bits per heavy atom. The van der Waals surface area contributed by atoms with Gasteiger partial charge in [0, 0.05) is 32.7 Å². The maximum Gasteiger partial charge on any atom is 0.248 e. The lowest BCUT2D eigenvalue weighted by Crippen LogP contribution is -2.49. The van der Waals surface area contributed by atoms with Gasteiger partial charge in [-0.25, -0.2) is 12.8 Å². The minimum Gasteiger partial charge on any atom is -0.387 e. The van der Waals surface area contributed by atoms with Crippen molar-refractivity contribution >= 4 is 10.0 Å². The summed E-state index contributed by atoms with van der Waals surface area (Å²) >= 11 is 0. The first-order chi connectivity index (χ1) is 12.3. The molecule has 1 N–H and O–H groups in total. The Hall–Kier alpha value is -1.81. The van der Waals surface area contributed by atoms with Crippen LogP contribution in [-0.2, 0) is 10.0 Å². The van der Waals surface area contributed by atoms with E-state index in [1.165, 1.54) is 16.4 Å². The number of aliphatic hydroxyl groups excluding tert-OH is 1. The maximum atomic E-state index is 13.3. The molecule has 2 heterocycles. The van der Waals surface area contributed by atoms with Crippen molar-refractivity contribution in [3.8, 4) is 0 Å². The zero-order chi connectivity index (χ0) is 18.9. The minimum atomic E-state index is -3.65. The van der Waals surface area contributed by atoms with Crippen molar-refractivity contribution in [3.05, 3.63) is 47.1 Å². The average molecular weight is 383 g/mol. The van der Waals surface area contributed by atoms with Crippen molar-refractivity contribution in [1.82, 2.24) is 14.4 Å². The van der Waals surface area contributed by atoms with Crippen molar-refractivity contribution in [2.24, 2.45) is 0 Å². The molecule has 0 bridgehead atoms. The summed E-state index contributed by atoms with van der Waals surface area (Å²) in [4.78, 5) is 2.10. The molecule has 0 amide bonds. The van der Waals surface area contributed by atoms with E-state index >= 15 is 0 Å². The fourth-order valence-corrected chi connectivity index (χ4v) is 4.90. The standard InChI is InChI=1S/C17H22FN3O4S/c1-12-17(13(2)25-19-12)26(23,24)21-8-6-20(7-9-21)11-16(22)14-4-3-5-15(18)10-14/h3-5,10,16,22H,6-9,11H2,1-2H3/t16-/m1/s1. The monoisotopic (exact) mass is 383 g/mol. The minimum absolute atomic E-state index is 0.130. The first-order valence-electron chi connectivity index (χ1n) is 8.38. The molecule has 0 unspecified atom stereocenters. The number of aromatic nitrogens is 1. The molecule has 1 aliphatic rings. The van der Waals surface area contributed by atoms with Crippen molar-refractivity contribution in [2.75, 3.05) is 32.7 Å². The number of nitrogens with zero attached hydrogens (tertiary/aromatic N) is 3. The fraction of sp³-hybridized carbons (Fsp3) is 0.471. The van der Waals surface area contributed by atoms with Gasteiger partial charge in [-0.15, -0.1) is 0 Å². The molecule has 26 heavy (non-hydrogen) atoms. The number of piperazine rings is 1. The van der Waals surface area contributed by atoms with Gasteiger partial charge in [-0.1, -0.05) is 17.3 Å². The predicted molar refractivity (Wildman–Crippen MR) is 92.5 cm³/mol. The molecule has 9 heteroatoms. The van der Waals surface area contributed by atoms with E-state index in [4.69, 9.17) is 4.52 Å². The van der Waals surface area contributed by atoms with E-state index in [1.807, 2.05) is 4.90 Å². The fourth-order valence-electron chi connectivity index (χ4n) is 3.19. The molecule has 3 rings (SSSR count). The normalized spacial score (nSPS) is 18.2. The first kappa shape index (κ1) is 19.0. The van der Waals surface area contributed by atoms with Crippen molar-refractivity contribution < 1.29 is 22.4 Å². The Morgan fingerprint density at radius 3 is 2.54 bits per heavy atom. The largest absolute Gasteiger partial charge is 0.387 e. The maximum absolute atomic E-state index is 13.3. The van der Waals surface area contributed by atoms with E-state index in [0.717, 1.165) is 0 Å². The van der Waals surface area contributed by atoms with Gasteiger partial charge in [-0.2, -0.15) is 4.31 Å². The van der Waals surface area contributed by atoms with Crippen LogP contribution in [0, 0.1) is 19.7 Å². The molecule has 1 fully saturated rings. The van der Waals surface area contributed by atoms with Crippen LogP contribution in [0.2, 0.25) is 0 Å². The highest BCUT2D eigenvalue weighted by Gasteiger charge is 2.33. The lowest BCUT2D eigenvalue weighted by molar-refractivity contribution is 0.0919. The van der Waals surface area contributed by atoms with E-state index < -0.39 is 21.9 Å². The van der Waals surface area contributed by atoms with Crippen LogP contribution in [0.5, 0.6) is 0 Å². The summed E-state index contributed by atoms with van der Waals surface area (Å²) in [5.41, 5.74) is 0.863. The highest BCUT2D eigenvalue weighted by molar-refractivity contribution is 7.89. The molecule has 7 nitrogen and oxygen atoms in total. The molecule has 1 atom stereocenters. The van der Waals surface area contributed by atoms with E-state index in [-0.39, 0.29) is 10.7 Å². The molecule has 142 valence electrons. The SMILES string of the molecule is Cc1noc(C)c1S(=O)(=O)N1CCN(C[C@@H](O)c2cccc(F)c2)CC1. The highest BCUT2D eigenvalue weighted by Crippen LogP contribution is 2.24. The number of halogens is 1. The van der Waals surface area contributed by atoms with Gasteiger partial charge >= 0.3 is 0 Å². The highest BCUT2D eigenvalue weighted by atomic mass is 32.2. The van der Waals surface area contributed by atoms with Crippen molar-refractivity contribution in [1.29, 1.82) is 0 Å². The zero-order valence-corrected chi connectivity index (χ0v) is 15.5. The van der Waals surface area contributed by atoms with Crippen molar-refractivity contribution in [3.63, 3.8) is 0 Å². The predicted octanol–water partition coefficient (Wildman–Crippen LogP) is 1.47. The second kappa shape index (κ2) is 7.43. The summed E-state index contributed by atoms with van der Waals surface area (Å²) in [5, 5.41) is 14.0. The topological polar surface area (TPSA) is 86.9 Å². The summed E-state index contributed by atoms with van der Waals surface area (Å²) in [6.45, 7) is 5.09. The molecular formula is C17H22FN3O4S. The number of aryl methyl sites for hydroxylation is 2. The molecule has 0 aliphatic carbocycles. The Labute approximate surface area is 152 Å². The molecule has 0 saturated carbocycles. The smallest absolute Gasteiger partial charge is 0.248 e. The van der Waals surface area contributed by atoms with Crippen LogP contribution in [0.25, 0.3) is 0 Å². The Kier molecular flexibility index (Phi) is 5.42. The summed E-state index contributed by atoms with van der Waals surface area (Å²) in [6.07, 6.45) is -0.823. The Bertz CT molecular complexity index is 856. The number of hydrogen-bond donors (Lipinski definition) is 1. The summed E-state index contributed by atoms with van der Waals surface area (Å²) in [5.74, 6) is -0.108. The van der Waals surface area contributed by atoms with Gasteiger partial charge in [-0.05, 0) is 31.5 Å². The molecule has 1 aromatic heterocycles. The molecule has 2 aromatic rings. The van der Waals surface area contributed by atoms with Crippen LogP contribution in [0.3, 0.4) is 0 Å². The Balaban J connectivity index is 1.62. The second-order valence-electron chi connectivity index (χ2n) is 6.43. The van der Waals surface area contributed by atoms with Crippen LogP contribution in [-0.4, -0.2) is 60.6 Å². The number of hydrogen-bond acceptors (Lipinski definition) is 6. The lowest BCUT2D eigenvalue weighted by Gasteiger charge is -2.34. The van der Waals surface area contributed by atoms with Crippen molar-refractivity contribution in [2.45, 2.75) is 24.8 Å². The molecule has 0 spiro atoms. The first-order valence-corrected chi connectivity index (χ1v) is 9.82. The Morgan fingerprint density at radius 1 is 1.27 bits per heavy atom. The van der Waals surface area contributed by atoms with Gasteiger partial charge in [0.05, 0.1) is 6.10 Å². The third kappa shape index (κ3) is 3.80. The zero-order valence-electron chi connectivity index (χ0n) is 14.7. The molecule has 1 aliphatic heterocycles. The molecular weight excluding hydrogens is 361 g/mol. The van der Waals surface area contributed by atoms with E-state index in [0.29, 0.717) is 44.0 Å². The number of benzene rings is 1. The quantitative estimate of drug-likeness (QED) is 0.841. The van der Waals surface area contributed by atoms with Crippen LogP contribution in [0.15, 0.2) is 33.7 Å². The van der Waals surface area contributed by atoms with E-state index in [1.54, 1.807) is 26.0 Å². The lowest BCUT2D eigenvalue weighted by atomic mass is 10.1. The average Bonchev–Trinajstić information content (AvgIpc) is 2.94.